The van der Waals surface area contributed by atoms with Gasteiger partial charge < -0.3 is 11.1 Å². The minimum absolute atomic E-state index is 0.201. The maximum atomic E-state index is 11.9. The van der Waals surface area contributed by atoms with Crippen LogP contribution >= 0.6 is 11.3 Å². The molecule has 6 nitrogen and oxygen atoms in total. The van der Waals surface area contributed by atoms with Crippen molar-refractivity contribution in [3.63, 3.8) is 0 Å². The summed E-state index contributed by atoms with van der Waals surface area (Å²) in [6.07, 6.45) is 3.45. The van der Waals surface area contributed by atoms with Crippen LogP contribution in [0, 0.1) is 0 Å². The predicted molar refractivity (Wildman–Crippen MR) is 98.1 cm³/mol. The number of aryl methyl sites for hydroxylation is 2. The van der Waals surface area contributed by atoms with Gasteiger partial charge in [0.1, 0.15) is 4.21 Å². The fourth-order valence-electron chi connectivity index (χ4n) is 2.68. The number of aliphatic imine (C=N–C) groups is 1. The van der Waals surface area contributed by atoms with Crippen LogP contribution in [0.4, 0.5) is 5.69 Å². The van der Waals surface area contributed by atoms with Crippen LogP contribution in [0.1, 0.15) is 17.5 Å². The van der Waals surface area contributed by atoms with E-state index in [1.165, 1.54) is 28.9 Å². The van der Waals surface area contributed by atoms with Crippen molar-refractivity contribution in [2.75, 3.05) is 18.4 Å². The molecular formula is C16H20N4O2S2. The molecule has 8 heteroatoms. The van der Waals surface area contributed by atoms with E-state index in [1.54, 1.807) is 17.5 Å². The maximum absolute atomic E-state index is 11.9. The molecule has 0 radical (unpaired) electrons. The lowest BCUT2D eigenvalue weighted by Crippen LogP contribution is -2.28. The van der Waals surface area contributed by atoms with Crippen LogP contribution in [0.5, 0.6) is 0 Å². The Hall–Kier alpha value is -1.90. The van der Waals surface area contributed by atoms with Crippen molar-refractivity contribution in [2.24, 2.45) is 10.7 Å². The molecule has 1 aliphatic rings. The molecule has 1 heterocycles. The van der Waals surface area contributed by atoms with E-state index in [4.69, 9.17) is 5.73 Å². The van der Waals surface area contributed by atoms with Crippen LogP contribution in [0.25, 0.3) is 0 Å². The van der Waals surface area contributed by atoms with Crippen LogP contribution in [-0.4, -0.2) is 27.5 Å². The second-order valence-corrected chi connectivity index (χ2v) is 8.50. The molecule has 3 rings (SSSR count). The summed E-state index contributed by atoms with van der Waals surface area (Å²) in [6.45, 7) is 0.473. The Kier molecular flexibility index (Phi) is 5.17. The van der Waals surface area contributed by atoms with Crippen molar-refractivity contribution in [3.8, 4) is 0 Å². The zero-order chi connectivity index (χ0) is 17.0. The van der Waals surface area contributed by atoms with E-state index in [0.717, 1.165) is 18.5 Å². The van der Waals surface area contributed by atoms with Crippen molar-refractivity contribution in [3.05, 3.63) is 46.8 Å². The average molecular weight is 364 g/mol. The summed E-state index contributed by atoms with van der Waals surface area (Å²) in [4.78, 5) is 4.16. The molecule has 0 fully saturated rings. The Balaban J connectivity index is 1.50. The molecule has 1 aliphatic carbocycles. The smallest absolute Gasteiger partial charge is 0.250 e. The van der Waals surface area contributed by atoms with Crippen molar-refractivity contribution < 1.29 is 8.42 Å². The largest absolute Gasteiger partial charge is 0.370 e. The zero-order valence-electron chi connectivity index (χ0n) is 13.2. The highest BCUT2D eigenvalue weighted by molar-refractivity contribution is 7.91. The summed E-state index contributed by atoms with van der Waals surface area (Å²) in [6, 6.07) is 9.49. The van der Waals surface area contributed by atoms with E-state index in [1.807, 2.05) is 6.07 Å². The Morgan fingerprint density at radius 1 is 1.25 bits per heavy atom. The van der Waals surface area contributed by atoms with Gasteiger partial charge in [0, 0.05) is 12.2 Å². The lowest BCUT2D eigenvalue weighted by Gasteiger charge is -2.08. The van der Waals surface area contributed by atoms with Gasteiger partial charge >= 0.3 is 0 Å². The first-order valence-electron chi connectivity index (χ1n) is 7.76. The highest BCUT2D eigenvalue weighted by Crippen LogP contribution is 2.24. The van der Waals surface area contributed by atoms with Gasteiger partial charge in [-0.25, -0.2) is 13.1 Å². The number of rotatable bonds is 6. The molecule has 24 heavy (non-hydrogen) atoms. The van der Waals surface area contributed by atoms with Crippen molar-refractivity contribution >= 4 is 33.0 Å². The van der Waals surface area contributed by atoms with E-state index < -0.39 is 10.0 Å². The van der Waals surface area contributed by atoms with E-state index in [-0.39, 0.29) is 19.0 Å². The molecule has 0 saturated carbocycles. The molecule has 4 N–H and O–H groups in total. The number of thiophene rings is 1. The van der Waals surface area contributed by atoms with E-state index in [9.17, 15) is 8.42 Å². The highest BCUT2D eigenvalue weighted by atomic mass is 32.2. The molecule has 0 bridgehead atoms. The van der Waals surface area contributed by atoms with Crippen LogP contribution < -0.4 is 15.8 Å². The summed E-state index contributed by atoms with van der Waals surface area (Å²) < 4.78 is 26.7. The van der Waals surface area contributed by atoms with Crippen molar-refractivity contribution in [1.82, 2.24) is 4.72 Å². The minimum atomic E-state index is -3.44. The van der Waals surface area contributed by atoms with Gasteiger partial charge in [0.05, 0.1) is 6.54 Å². The Bertz CT molecular complexity index is 830. The second-order valence-electron chi connectivity index (χ2n) is 5.56. The number of sulfonamides is 1. The third-order valence-corrected chi connectivity index (χ3v) is 6.68. The molecule has 0 unspecified atom stereocenters. The molecule has 128 valence electrons. The Morgan fingerprint density at radius 2 is 2.08 bits per heavy atom. The van der Waals surface area contributed by atoms with Gasteiger partial charge in [0.25, 0.3) is 0 Å². The number of guanidine groups is 1. The summed E-state index contributed by atoms with van der Waals surface area (Å²) in [5.41, 5.74) is 9.53. The average Bonchev–Trinajstić information content (AvgIpc) is 3.22. The number of fused-ring (bicyclic) bond motifs is 1. The number of nitrogens with two attached hydrogens (primary N) is 1. The second kappa shape index (κ2) is 7.33. The topological polar surface area (TPSA) is 96.6 Å². The zero-order valence-corrected chi connectivity index (χ0v) is 14.8. The number of nitrogens with one attached hydrogen (secondary N) is 2. The van der Waals surface area contributed by atoms with Gasteiger partial charge in [-0.05, 0) is 54.0 Å². The van der Waals surface area contributed by atoms with Crippen LogP contribution in [-0.2, 0) is 22.9 Å². The van der Waals surface area contributed by atoms with Gasteiger partial charge in [-0.1, -0.05) is 12.1 Å². The molecule has 2 aromatic rings. The van der Waals surface area contributed by atoms with Gasteiger partial charge in [-0.2, -0.15) is 0 Å². The molecular weight excluding hydrogens is 344 g/mol. The molecule has 0 spiro atoms. The fraction of sp³-hybridized carbons (Fsp3) is 0.312. The first kappa shape index (κ1) is 16.9. The summed E-state index contributed by atoms with van der Waals surface area (Å²) in [5.74, 6) is 0.281. The number of hydrogen-bond donors (Lipinski definition) is 3. The van der Waals surface area contributed by atoms with E-state index >= 15 is 0 Å². The SMILES string of the molecule is NC(=NCCNS(=O)(=O)c1cccs1)Nc1ccc2c(c1)CCC2. The van der Waals surface area contributed by atoms with Gasteiger partial charge in [0.2, 0.25) is 10.0 Å². The minimum Gasteiger partial charge on any atom is -0.370 e. The third-order valence-electron chi connectivity index (χ3n) is 3.82. The highest BCUT2D eigenvalue weighted by Gasteiger charge is 2.14. The number of hydrogen-bond acceptors (Lipinski definition) is 4. The Labute approximate surface area is 145 Å². The molecule has 1 aromatic carbocycles. The first-order valence-corrected chi connectivity index (χ1v) is 10.1. The molecule has 0 amide bonds. The van der Waals surface area contributed by atoms with Crippen LogP contribution in [0.2, 0.25) is 0 Å². The molecule has 0 saturated heterocycles. The first-order chi connectivity index (χ1) is 11.5. The lowest BCUT2D eigenvalue weighted by molar-refractivity contribution is 0.584. The number of benzene rings is 1. The third kappa shape index (κ3) is 4.14. The molecule has 1 aromatic heterocycles. The quantitative estimate of drug-likeness (QED) is 0.415. The van der Waals surface area contributed by atoms with Crippen molar-refractivity contribution in [1.29, 1.82) is 0 Å². The van der Waals surface area contributed by atoms with E-state index in [0.29, 0.717) is 4.21 Å². The maximum Gasteiger partial charge on any atom is 0.250 e. The number of anilines is 1. The number of nitrogens with zero attached hydrogens (tertiary/aromatic N) is 1. The standard InChI is InChI=1S/C16H20N4O2S2/c17-16(20-14-7-6-12-3-1-4-13(12)11-14)18-8-9-19-24(21,22)15-5-2-10-23-15/h2,5-7,10-11,19H,1,3-4,8-9H2,(H3,17,18,20). The van der Waals surface area contributed by atoms with Gasteiger partial charge in [0.15, 0.2) is 5.96 Å². The fourth-order valence-corrected chi connectivity index (χ4v) is 4.74. The normalized spacial score (nSPS) is 14.6. The van der Waals surface area contributed by atoms with E-state index in [2.05, 4.69) is 27.2 Å². The van der Waals surface area contributed by atoms with Crippen molar-refractivity contribution in [2.45, 2.75) is 23.5 Å². The van der Waals surface area contributed by atoms with Crippen LogP contribution in [0.3, 0.4) is 0 Å². The van der Waals surface area contributed by atoms with Crippen LogP contribution in [0.15, 0.2) is 44.9 Å². The summed E-state index contributed by atoms with van der Waals surface area (Å²) in [5, 5.41) is 4.78. The Morgan fingerprint density at radius 3 is 2.88 bits per heavy atom. The monoisotopic (exact) mass is 364 g/mol. The molecule has 0 aliphatic heterocycles. The molecule has 0 atom stereocenters. The van der Waals surface area contributed by atoms with Gasteiger partial charge in [-0.15, -0.1) is 11.3 Å². The summed E-state index contributed by atoms with van der Waals surface area (Å²) >= 11 is 1.18. The predicted octanol–water partition coefficient (Wildman–Crippen LogP) is 1.94. The van der Waals surface area contributed by atoms with Gasteiger partial charge in [-0.3, -0.25) is 4.99 Å². The lowest BCUT2D eigenvalue weighted by atomic mass is 10.1. The summed E-state index contributed by atoms with van der Waals surface area (Å²) in [7, 11) is -3.44.